The zero-order valence-electron chi connectivity index (χ0n) is 9.65. The summed E-state index contributed by atoms with van der Waals surface area (Å²) in [6.45, 7) is 5.53. The Morgan fingerprint density at radius 3 is 2.81 bits per heavy atom. The molecule has 0 amide bonds. The van der Waals surface area contributed by atoms with Crippen molar-refractivity contribution in [2.24, 2.45) is 5.92 Å². The maximum absolute atomic E-state index is 13.0. The molecule has 0 aliphatic rings. The van der Waals surface area contributed by atoms with Gasteiger partial charge in [-0.2, -0.15) is 9.65 Å². The molecule has 86 valence electrons. The summed E-state index contributed by atoms with van der Waals surface area (Å²) >= 11 is 0. The third kappa shape index (κ3) is 3.85. The van der Waals surface area contributed by atoms with Gasteiger partial charge in [0.1, 0.15) is 5.82 Å². The lowest BCUT2D eigenvalue weighted by atomic mass is 10.2. The molecule has 0 aliphatic heterocycles. The summed E-state index contributed by atoms with van der Waals surface area (Å²) in [6.07, 6.45) is 0.422. The topological polar surface area (TPSA) is 39.9 Å². The minimum absolute atomic E-state index is 0.422. The molecule has 1 aromatic rings. The molecule has 0 aliphatic carbocycles. The largest absolute Gasteiger partial charge is 0.355 e. The fourth-order valence-corrected chi connectivity index (χ4v) is 1.50. The number of nitriles is 1. The monoisotopic (exact) mass is 221 g/mol. The van der Waals surface area contributed by atoms with Crippen LogP contribution in [0.2, 0.25) is 0 Å². The highest BCUT2D eigenvalue weighted by atomic mass is 19.1. The van der Waals surface area contributed by atoms with E-state index in [1.807, 2.05) is 4.90 Å². The second-order valence-electron chi connectivity index (χ2n) is 4.07. The molecule has 0 atom stereocenters. The van der Waals surface area contributed by atoms with E-state index in [-0.39, 0.29) is 0 Å². The highest BCUT2D eigenvalue weighted by Gasteiger charge is 2.10. The highest BCUT2D eigenvalue weighted by molar-refractivity contribution is 5.38. The van der Waals surface area contributed by atoms with Crippen molar-refractivity contribution in [2.45, 2.75) is 20.3 Å². The Hall–Kier alpha value is -1.63. The maximum atomic E-state index is 13.0. The summed E-state index contributed by atoms with van der Waals surface area (Å²) in [4.78, 5) is 5.77. The van der Waals surface area contributed by atoms with E-state index in [4.69, 9.17) is 5.26 Å². The Bertz CT molecular complexity index is 371. The van der Waals surface area contributed by atoms with E-state index < -0.39 is 5.95 Å². The van der Waals surface area contributed by atoms with Gasteiger partial charge in [-0.05, 0) is 18.1 Å². The van der Waals surface area contributed by atoms with Gasteiger partial charge in [0.25, 0.3) is 0 Å². The molecule has 0 fully saturated rings. The number of rotatable bonds is 5. The predicted molar refractivity (Wildman–Crippen MR) is 61.5 cm³/mol. The van der Waals surface area contributed by atoms with Crippen molar-refractivity contribution in [3.8, 4) is 6.07 Å². The Labute approximate surface area is 95.5 Å². The van der Waals surface area contributed by atoms with Gasteiger partial charge in [0.15, 0.2) is 0 Å². The first-order valence-electron chi connectivity index (χ1n) is 5.38. The van der Waals surface area contributed by atoms with Gasteiger partial charge in [-0.25, -0.2) is 4.98 Å². The maximum Gasteiger partial charge on any atom is 0.214 e. The number of aromatic nitrogens is 1. The molecule has 0 aromatic carbocycles. The first-order chi connectivity index (χ1) is 7.63. The fraction of sp³-hybridized carbons (Fsp3) is 0.500. The lowest BCUT2D eigenvalue weighted by Gasteiger charge is -2.24. The third-order valence-electron chi connectivity index (χ3n) is 2.10. The molecule has 0 saturated carbocycles. The van der Waals surface area contributed by atoms with Gasteiger partial charge < -0.3 is 4.90 Å². The number of halogens is 1. The highest BCUT2D eigenvalue weighted by Crippen LogP contribution is 2.13. The van der Waals surface area contributed by atoms with Gasteiger partial charge in [-0.1, -0.05) is 19.9 Å². The normalized spacial score (nSPS) is 10.2. The van der Waals surface area contributed by atoms with Crippen LogP contribution in [0.4, 0.5) is 10.2 Å². The minimum atomic E-state index is -0.483. The lowest BCUT2D eigenvalue weighted by molar-refractivity contribution is 0.569. The number of nitrogens with zero attached hydrogens (tertiary/aromatic N) is 3. The molecule has 16 heavy (non-hydrogen) atoms. The van der Waals surface area contributed by atoms with Crippen molar-refractivity contribution < 1.29 is 4.39 Å². The van der Waals surface area contributed by atoms with Gasteiger partial charge in [0.2, 0.25) is 5.95 Å². The van der Waals surface area contributed by atoms with Crippen LogP contribution in [0.1, 0.15) is 20.3 Å². The average molecular weight is 221 g/mol. The van der Waals surface area contributed by atoms with Crippen molar-refractivity contribution >= 4 is 5.82 Å². The minimum Gasteiger partial charge on any atom is -0.355 e. The van der Waals surface area contributed by atoms with Crippen LogP contribution in [0.15, 0.2) is 18.2 Å². The lowest BCUT2D eigenvalue weighted by Crippen LogP contribution is -2.29. The van der Waals surface area contributed by atoms with Crippen molar-refractivity contribution in [1.29, 1.82) is 5.26 Å². The molecule has 0 unspecified atom stereocenters. The molecule has 0 bridgehead atoms. The standard InChI is InChI=1S/C12H16FN3/c1-10(2)9-16(8-4-7-14)12-6-3-5-11(13)15-12/h3,5-6,10H,4,8-9H2,1-2H3. The van der Waals surface area contributed by atoms with Crippen LogP contribution < -0.4 is 4.90 Å². The molecule has 0 spiro atoms. The van der Waals surface area contributed by atoms with E-state index in [9.17, 15) is 4.39 Å². The zero-order chi connectivity index (χ0) is 12.0. The number of hydrogen-bond donors (Lipinski definition) is 0. The van der Waals surface area contributed by atoms with Crippen molar-refractivity contribution in [2.75, 3.05) is 18.0 Å². The summed E-state index contributed by atoms with van der Waals surface area (Å²) < 4.78 is 13.0. The van der Waals surface area contributed by atoms with E-state index in [0.29, 0.717) is 24.7 Å². The van der Waals surface area contributed by atoms with Gasteiger partial charge in [0, 0.05) is 13.1 Å². The summed E-state index contributed by atoms with van der Waals surface area (Å²) in [5.41, 5.74) is 0. The molecule has 0 N–H and O–H groups in total. The molecule has 1 heterocycles. The molecule has 3 nitrogen and oxygen atoms in total. The summed E-state index contributed by atoms with van der Waals surface area (Å²) in [5.74, 6) is 0.566. The molecule has 1 aromatic heterocycles. The van der Waals surface area contributed by atoms with E-state index in [2.05, 4.69) is 24.9 Å². The quantitative estimate of drug-likeness (QED) is 0.717. The SMILES string of the molecule is CC(C)CN(CCC#N)c1cccc(F)n1. The van der Waals surface area contributed by atoms with E-state index >= 15 is 0 Å². The summed E-state index contributed by atoms with van der Waals surface area (Å²) in [5, 5.41) is 8.58. The molecule has 4 heteroatoms. The molecule has 1 rings (SSSR count). The average Bonchev–Trinajstić information content (AvgIpc) is 2.23. The van der Waals surface area contributed by atoms with Crippen LogP contribution in [0.5, 0.6) is 0 Å². The van der Waals surface area contributed by atoms with Gasteiger partial charge in [-0.3, -0.25) is 0 Å². The van der Waals surface area contributed by atoms with Gasteiger partial charge in [0.05, 0.1) is 12.5 Å². The second kappa shape index (κ2) is 6.06. The van der Waals surface area contributed by atoms with E-state index in [1.54, 1.807) is 12.1 Å². The number of pyridine rings is 1. The molecule has 0 saturated heterocycles. The first-order valence-corrected chi connectivity index (χ1v) is 5.38. The molecular formula is C12H16FN3. The second-order valence-corrected chi connectivity index (χ2v) is 4.07. The Morgan fingerprint density at radius 2 is 2.25 bits per heavy atom. The van der Waals surface area contributed by atoms with Crippen LogP contribution in [-0.2, 0) is 0 Å². The van der Waals surface area contributed by atoms with Crippen LogP contribution in [0.3, 0.4) is 0 Å². The molecule has 0 radical (unpaired) electrons. The molecular weight excluding hydrogens is 205 g/mol. The van der Waals surface area contributed by atoms with E-state index in [0.717, 1.165) is 6.54 Å². The zero-order valence-corrected chi connectivity index (χ0v) is 9.65. The Balaban J connectivity index is 2.79. The van der Waals surface area contributed by atoms with Crippen molar-refractivity contribution in [3.05, 3.63) is 24.1 Å². The number of hydrogen-bond acceptors (Lipinski definition) is 3. The van der Waals surface area contributed by atoms with Crippen LogP contribution >= 0.6 is 0 Å². The van der Waals surface area contributed by atoms with Crippen molar-refractivity contribution in [1.82, 2.24) is 4.98 Å². The first kappa shape index (κ1) is 12.4. The Kier molecular flexibility index (Phi) is 4.71. The van der Waals surface area contributed by atoms with E-state index in [1.165, 1.54) is 6.07 Å². The smallest absolute Gasteiger partial charge is 0.214 e. The summed E-state index contributed by atoms with van der Waals surface area (Å²) in [6, 6.07) is 6.82. The third-order valence-corrected chi connectivity index (χ3v) is 2.10. The fourth-order valence-electron chi connectivity index (χ4n) is 1.50. The summed E-state index contributed by atoms with van der Waals surface area (Å²) in [7, 11) is 0. The van der Waals surface area contributed by atoms with Crippen molar-refractivity contribution in [3.63, 3.8) is 0 Å². The van der Waals surface area contributed by atoms with Crippen LogP contribution in [-0.4, -0.2) is 18.1 Å². The van der Waals surface area contributed by atoms with Gasteiger partial charge >= 0.3 is 0 Å². The van der Waals surface area contributed by atoms with Gasteiger partial charge in [-0.15, -0.1) is 0 Å². The predicted octanol–water partition coefficient (Wildman–Crippen LogP) is 2.60. The van der Waals surface area contributed by atoms with Crippen LogP contribution in [0, 0.1) is 23.2 Å². The van der Waals surface area contributed by atoms with Crippen LogP contribution in [0.25, 0.3) is 0 Å². The Morgan fingerprint density at radius 1 is 1.50 bits per heavy atom. The number of anilines is 1.